The Morgan fingerprint density at radius 2 is 1.96 bits per heavy atom. The minimum atomic E-state index is -0.357. The largest absolute Gasteiger partial charge is 0.463 e. The van der Waals surface area contributed by atoms with Crippen LogP contribution >= 0.6 is 11.8 Å². The highest BCUT2D eigenvalue weighted by Crippen LogP contribution is 2.32. The molecular formula is C20H15FN4O2S. The minimum absolute atomic E-state index is 0.284. The van der Waals surface area contributed by atoms with Crippen LogP contribution in [0.2, 0.25) is 0 Å². The maximum atomic E-state index is 14.0. The molecule has 6 nitrogen and oxygen atoms in total. The van der Waals surface area contributed by atoms with Gasteiger partial charge in [0.25, 0.3) is 0 Å². The summed E-state index contributed by atoms with van der Waals surface area (Å²) in [5.74, 6) is 1.90. The topological polar surface area (TPSA) is 69.4 Å². The van der Waals surface area contributed by atoms with Crippen molar-refractivity contribution in [3.8, 4) is 11.5 Å². The third-order valence-electron chi connectivity index (χ3n) is 4.59. The van der Waals surface area contributed by atoms with E-state index in [1.165, 1.54) is 17.8 Å². The van der Waals surface area contributed by atoms with Crippen molar-refractivity contribution >= 4 is 28.4 Å². The number of hydrogen-bond acceptors (Lipinski definition) is 6. The first-order valence-electron chi connectivity index (χ1n) is 8.68. The van der Waals surface area contributed by atoms with Crippen molar-refractivity contribution < 1.29 is 13.2 Å². The van der Waals surface area contributed by atoms with E-state index in [0.717, 1.165) is 33.2 Å². The molecule has 1 aromatic carbocycles. The maximum Gasteiger partial charge on any atom is 0.229 e. The molecule has 0 saturated carbocycles. The summed E-state index contributed by atoms with van der Waals surface area (Å²) in [5, 5.41) is 9.37. The molecular weight excluding hydrogens is 379 g/mol. The lowest BCUT2D eigenvalue weighted by Crippen LogP contribution is -2.00. The molecule has 0 amide bonds. The Bertz CT molecular complexity index is 1320. The van der Waals surface area contributed by atoms with Gasteiger partial charge in [0.15, 0.2) is 5.58 Å². The Kier molecular flexibility index (Phi) is 3.94. The normalized spacial score (nSPS) is 11.7. The summed E-state index contributed by atoms with van der Waals surface area (Å²) in [4.78, 5) is 4.49. The molecule has 0 aliphatic carbocycles. The Hall–Kier alpha value is -3.13. The smallest absolute Gasteiger partial charge is 0.229 e. The van der Waals surface area contributed by atoms with E-state index in [-0.39, 0.29) is 11.7 Å². The van der Waals surface area contributed by atoms with Crippen LogP contribution < -0.4 is 0 Å². The Morgan fingerprint density at radius 1 is 1.11 bits per heavy atom. The second-order valence-corrected chi connectivity index (χ2v) is 7.34. The quantitative estimate of drug-likeness (QED) is 0.391. The number of halogens is 1. The van der Waals surface area contributed by atoms with Crippen molar-refractivity contribution in [1.82, 2.24) is 19.6 Å². The summed E-state index contributed by atoms with van der Waals surface area (Å²) in [7, 11) is 0. The molecule has 5 aromatic rings. The van der Waals surface area contributed by atoms with E-state index in [0.29, 0.717) is 17.1 Å². The second kappa shape index (κ2) is 6.49. The first-order chi connectivity index (χ1) is 13.6. The van der Waals surface area contributed by atoms with Gasteiger partial charge in [0, 0.05) is 17.9 Å². The summed E-state index contributed by atoms with van der Waals surface area (Å²) in [6.07, 6.45) is 1.66. The summed E-state index contributed by atoms with van der Waals surface area (Å²) in [5.41, 5.74) is 3.79. The number of thioether (sulfide) groups is 1. The van der Waals surface area contributed by atoms with Crippen LogP contribution in [0, 0.1) is 19.7 Å². The maximum absolute atomic E-state index is 14.0. The number of aryl methyl sites for hydroxylation is 2. The third kappa shape index (κ3) is 2.68. The number of fused-ring (bicyclic) bond motifs is 3. The van der Waals surface area contributed by atoms with E-state index in [2.05, 4.69) is 15.2 Å². The summed E-state index contributed by atoms with van der Waals surface area (Å²) < 4.78 is 27.2. The van der Waals surface area contributed by atoms with Gasteiger partial charge in [-0.05, 0) is 26.0 Å². The average molecular weight is 394 g/mol. The molecule has 0 atom stereocenters. The number of aromatic nitrogens is 4. The molecule has 0 radical (unpaired) electrons. The van der Waals surface area contributed by atoms with Crippen LogP contribution in [-0.4, -0.2) is 19.6 Å². The summed E-state index contributed by atoms with van der Waals surface area (Å²) in [6, 6.07) is 10.3. The second-order valence-electron chi connectivity index (χ2n) is 6.38. The van der Waals surface area contributed by atoms with Crippen molar-refractivity contribution in [2.24, 2.45) is 0 Å². The Labute approximate surface area is 163 Å². The van der Waals surface area contributed by atoms with Crippen LogP contribution in [0.1, 0.15) is 17.3 Å². The van der Waals surface area contributed by atoms with Crippen LogP contribution in [0.15, 0.2) is 56.5 Å². The Morgan fingerprint density at radius 3 is 2.82 bits per heavy atom. The molecule has 140 valence electrons. The van der Waals surface area contributed by atoms with E-state index < -0.39 is 0 Å². The molecule has 0 spiro atoms. The van der Waals surface area contributed by atoms with Crippen molar-refractivity contribution in [3.05, 3.63) is 65.8 Å². The molecule has 0 unspecified atom stereocenters. The third-order valence-corrected chi connectivity index (χ3v) is 5.58. The van der Waals surface area contributed by atoms with Gasteiger partial charge in [0.05, 0.1) is 28.6 Å². The van der Waals surface area contributed by atoms with E-state index in [1.54, 1.807) is 24.5 Å². The van der Waals surface area contributed by atoms with Crippen LogP contribution in [0.4, 0.5) is 4.39 Å². The average Bonchev–Trinajstić information content (AvgIpc) is 3.36. The van der Waals surface area contributed by atoms with Gasteiger partial charge in [0.2, 0.25) is 5.89 Å². The lowest BCUT2D eigenvalue weighted by Gasteiger charge is -2.04. The molecule has 28 heavy (non-hydrogen) atoms. The first-order valence-corrected chi connectivity index (χ1v) is 9.66. The van der Waals surface area contributed by atoms with Gasteiger partial charge in [-0.15, -0.1) is 10.2 Å². The van der Waals surface area contributed by atoms with Crippen LogP contribution in [0.3, 0.4) is 0 Å². The monoisotopic (exact) mass is 394 g/mol. The van der Waals surface area contributed by atoms with Crippen molar-refractivity contribution in [3.63, 3.8) is 0 Å². The van der Waals surface area contributed by atoms with Gasteiger partial charge < -0.3 is 8.83 Å². The van der Waals surface area contributed by atoms with Crippen LogP contribution in [0.5, 0.6) is 0 Å². The van der Waals surface area contributed by atoms with E-state index in [4.69, 9.17) is 8.83 Å². The molecule has 0 bridgehead atoms. The fraction of sp³-hybridized carbons (Fsp3) is 0.150. The van der Waals surface area contributed by atoms with E-state index in [1.807, 2.05) is 30.4 Å². The zero-order valence-corrected chi connectivity index (χ0v) is 16.0. The number of nitrogens with zero attached hydrogens (tertiary/aromatic N) is 4. The summed E-state index contributed by atoms with van der Waals surface area (Å²) >= 11 is 1.50. The van der Waals surface area contributed by atoms with Crippen LogP contribution in [0.25, 0.3) is 28.1 Å². The molecule has 0 N–H and O–H groups in total. The van der Waals surface area contributed by atoms with E-state index >= 15 is 0 Å². The number of rotatable bonds is 4. The molecule has 8 heteroatoms. The van der Waals surface area contributed by atoms with Gasteiger partial charge >= 0.3 is 0 Å². The van der Waals surface area contributed by atoms with E-state index in [9.17, 15) is 4.39 Å². The highest BCUT2D eigenvalue weighted by molar-refractivity contribution is 7.98. The SMILES string of the molecule is Cc1oc(-c2ccccc2F)nc1CSc1nnc(C)n2c1cc1occc12. The van der Waals surface area contributed by atoms with Gasteiger partial charge in [-0.25, -0.2) is 9.37 Å². The molecule has 5 rings (SSSR count). The standard InChI is InChI=1S/C20H15FN4O2S/c1-11-15(22-19(27-11)13-5-3-4-6-14(13)21)10-28-20-17-9-18-16(7-8-26-18)25(17)12(2)23-24-20/h3-9H,10H2,1-2H3. The highest BCUT2D eigenvalue weighted by Gasteiger charge is 2.17. The molecule has 0 aliphatic heterocycles. The number of benzene rings is 1. The fourth-order valence-corrected chi connectivity index (χ4v) is 4.13. The zero-order chi connectivity index (χ0) is 19.3. The predicted molar refractivity (Wildman–Crippen MR) is 104 cm³/mol. The van der Waals surface area contributed by atoms with Gasteiger partial charge in [0.1, 0.15) is 22.4 Å². The van der Waals surface area contributed by atoms with Crippen LogP contribution in [-0.2, 0) is 5.75 Å². The fourth-order valence-electron chi connectivity index (χ4n) is 3.20. The molecule has 4 aromatic heterocycles. The lowest BCUT2D eigenvalue weighted by molar-refractivity contribution is 0.533. The predicted octanol–water partition coefficient (Wildman–Crippen LogP) is 5.18. The number of oxazole rings is 1. The Balaban J connectivity index is 1.47. The molecule has 4 heterocycles. The van der Waals surface area contributed by atoms with Crippen molar-refractivity contribution in [1.29, 1.82) is 0 Å². The van der Waals surface area contributed by atoms with Gasteiger partial charge in [-0.3, -0.25) is 4.40 Å². The van der Waals surface area contributed by atoms with Gasteiger partial charge in [-0.2, -0.15) is 0 Å². The zero-order valence-electron chi connectivity index (χ0n) is 15.1. The molecule has 0 fully saturated rings. The lowest BCUT2D eigenvalue weighted by atomic mass is 10.2. The van der Waals surface area contributed by atoms with Crippen molar-refractivity contribution in [2.45, 2.75) is 24.6 Å². The number of furan rings is 1. The van der Waals surface area contributed by atoms with Crippen molar-refractivity contribution in [2.75, 3.05) is 0 Å². The molecule has 0 saturated heterocycles. The first kappa shape index (κ1) is 17.0. The summed E-state index contributed by atoms with van der Waals surface area (Å²) in [6.45, 7) is 3.73. The highest BCUT2D eigenvalue weighted by atomic mass is 32.2. The molecule has 0 aliphatic rings. The number of hydrogen-bond donors (Lipinski definition) is 0. The van der Waals surface area contributed by atoms with Gasteiger partial charge in [-0.1, -0.05) is 23.9 Å². The minimum Gasteiger partial charge on any atom is -0.463 e.